The van der Waals surface area contributed by atoms with E-state index in [-0.39, 0.29) is 0 Å². The average molecular weight is 325 g/mol. The number of nitrogen functional groups attached to an aromatic ring is 1. The molecule has 0 radical (unpaired) electrons. The number of ether oxygens (including phenoxy) is 1. The lowest BCUT2D eigenvalue weighted by molar-refractivity contribution is 0.326. The van der Waals surface area contributed by atoms with E-state index in [2.05, 4.69) is 20.9 Å². The maximum Gasteiger partial charge on any atom is 0.238 e. The molecule has 0 atom stereocenters. The van der Waals surface area contributed by atoms with Crippen LogP contribution in [0.15, 0.2) is 50.8 Å². The molecule has 2 aromatic rings. The molecule has 5 heteroatoms. The van der Waals surface area contributed by atoms with Gasteiger partial charge in [0.15, 0.2) is 0 Å². The summed E-state index contributed by atoms with van der Waals surface area (Å²) in [4.78, 5) is 5.51. The van der Waals surface area contributed by atoms with Crippen molar-refractivity contribution in [2.24, 2.45) is 0 Å². The molecule has 0 bridgehead atoms. The van der Waals surface area contributed by atoms with Crippen molar-refractivity contribution >= 4 is 33.4 Å². The van der Waals surface area contributed by atoms with E-state index in [1.807, 2.05) is 43.3 Å². The van der Waals surface area contributed by atoms with Gasteiger partial charge in [-0.25, -0.2) is 4.98 Å². The number of hydrogen-bond donors (Lipinski definition) is 1. The van der Waals surface area contributed by atoms with Gasteiger partial charge in [0.1, 0.15) is 5.03 Å². The van der Waals surface area contributed by atoms with Crippen molar-refractivity contribution in [2.75, 3.05) is 12.3 Å². The van der Waals surface area contributed by atoms with Crippen LogP contribution >= 0.6 is 27.7 Å². The van der Waals surface area contributed by atoms with Crippen LogP contribution in [0, 0.1) is 0 Å². The summed E-state index contributed by atoms with van der Waals surface area (Å²) in [7, 11) is 0. The topological polar surface area (TPSA) is 48.1 Å². The summed E-state index contributed by atoms with van der Waals surface area (Å²) in [5.74, 6) is 0.500. The van der Waals surface area contributed by atoms with E-state index in [1.54, 1.807) is 11.8 Å². The summed E-state index contributed by atoms with van der Waals surface area (Å²) in [5.41, 5.74) is 6.35. The fraction of sp³-hybridized carbons (Fsp3) is 0.154. The molecule has 0 spiro atoms. The molecule has 1 aromatic heterocycles. The molecule has 0 amide bonds. The smallest absolute Gasteiger partial charge is 0.238 e. The average Bonchev–Trinajstić information content (AvgIpc) is 2.37. The standard InChI is InChI=1S/C13H13BrN2OS/c1-2-17-13-11(15)7-8-12(16-13)18-10-5-3-9(14)4-6-10/h3-8H,2,15H2,1H3. The Hall–Kier alpha value is -1.20. The van der Waals surface area contributed by atoms with E-state index in [0.29, 0.717) is 18.2 Å². The lowest BCUT2D eigenvalue weighted by Gasteiger charge is -2.07. The minimum atomic E-state index is 0.500. The van der Waals surface area contributed by atoms with Crippen molar-refractivity contribution in [1.29, 1.82) is 0 Å². The zero-order valence-electron chi connectivity index (χ0n) is 9.89. The number of anilines is 1. The van der Waals surface area contributed by atoms with E-state index in [9.17, 15) is 0 Å². The number of halogens is 1. The number of hydrogen-bond acceptors (Lipinski definition) is 4. The Morgan fingerprint density at radius 2 is 1.94 bits per heavy atom. The van der Waals surface area contributed by atoms with Crippen molar-refractivity contribution in [3.8, 4) is 5.88 Å². The van der Waals surface area contributed by atoms with Gasteiger partial charge in [-0.05, 0) is 43.3 Å². The predicted octanol–water partition coefficient (Wildman–Crippen LogP) is 3.98. The molecule has 1 aromatic carbocycles. The molecular formula is C13H13BrN2OS. The van der Waals surface area contributed by atoms with Gasteiger partial charge in [0, 0.05) is 9.37 Å². The highest BCUT2D eigenvalue weighted by Gasteiger charge is 2.05. The zero-order valence-corrected chi connectivity index (χ0v) is 12.3. The van der Waals surface area contributed by atoms with Gasteiger partial charge in [-0.3, -0.25) is 0 Å². The minimum absolute atomic E-state index is 0.500. The number of nitrogens with zero attached hydrogens (tertiary/aromatic N) is 1. The number of pyridine rings is 1. The molecule has 2 N–H and O–H groups in total. The number of benzene rings is 1. The SMILES string of the molecule is CCOc1nc(Sc2ccc(Br)cc2)ccc1N. The van der Waals surface area contributed by atoms with Crippen LogP contribution in [0.2, 0.25) is 0 Å². The lowest BCUT2D eigenvalue weighted by atomic mass is 10.4. The second-order valence-electron chi connectivity index (χ2n) is 3.53. The quantitative estimate of drug-likeness (QED) is 0.924. The molecule has 0 unspecified atom stereocenters. The van der Waals surface area contributed by atoms with Crippen LogP contribution < -0.4 is 10.5 Å². The van der Waals surface area contributed by atoms with Gasteiger partial charge in [0.2, 0.25) is 5.88 Å². The third-order valence-electron chi connectivity index (χ3n) is 2.18. The Bertz CT molecular complexity index is 531. The first-order chi connectivity index (χ1) is 8.69. The molecule has 0 fully saturated rings. The van der Waals surface area contributed by atoms with Crippen LogP contribution in [-0.4, -0.2) is 11.6 Å². The van der Waals surface area contributed by atoms with Crippen LogP contribution in [0.5, 0.6) is 5.88 Å². The highest BCUT2D eigenvalue weighted by Crippen LogP contribution is 2.30. The normalized spacial score (nSPS) is 10.3. The van der Waals surface area contributed by atoms with Crippen LogP contribution in [0.4, 0.5) is 5.69 Å². The van der Waals surface area contributed by atoms with Crippen LogP contribution in [-0.2, 0) is 0 Å². The first-order valence-electron chi connectivity index (χ1n) is 5.52. The van der Waals surface area contributed by atoms with Crippen molar-refractivity contribution in [2.45, 2.75) is 16.8 Å². The largest absolute Gasteiger partial charge is 0.476 e. The second kappa shape index (κ2) is 6.11. The Balaban J connectivity index is 2.18. The molecule has 18 heavy (non-hydrogen) atoms. The van der Waals surface area contributed by atoms with E-state index >= 15 is 0 Å². The molecule has 1 heterocycles. The van der Waals surface area contributed by atoms with Gasteiger partial charge in [0.05, 0.1) is 12.3 Å². The molecular weight excluding hydrogens is 312 g/mol. The molecule has 0 aliphatic carbocycles. The van der Waals surface area contributed by atoms with Gasteiger partial charge in [-0.2, -0.15) is 0 Å². The zero-order chi connectivity index (χ0) is 13.0. The highest BCUT2D eigenvalue weighted by atomic mass is 79.9. The molecule has 0 saturated heterocycles. The van der Waals surface area contributed by atoms with E-state index in [0.717, 1.165) is 14.4 Å². The van der Waals surface area contributed by atoms with Crippen LogP contribution in [0.1, 0.15) is 6.92 Å². The van der Waals surface area contributed by atoms with E-state index in [1.165, 1.54) is 0 Å². The summed E-state index contributed by atoms with van der Waals surface area (Å²) in [6.07, 6.45) is 0. The van der Waals surface area contributed by atoms with Gasteiger partial charge in [-0.15, -0.1) is 0 Å². The van der Waals surface area contributed by atoms with Crippen LogP contribution in [0.25, 0.3) is 0 Å². The maximum atomic E-state index is 5.79. The van der Waals surface area contributed by atoms with Crippen LogP contribution in [0.3, 0.4) is 0 Å². The van der Waals surface area contributed by atoms with Gasteiger partial charge in [0.25, 0.3) is 0 Å². The van der Waals surface area contributed by atoms with Crippen molar-refractivity contribution < 1.29 is 4.74 Å². The molecule has 0 aliphatic heterocycles. The predicted molar refractivity (Wildman–Crippen MR) is 78.1 cm³/mol. The first-order valence-corrected chi connectivity index (χ1v) is 7.12. The Labute approximate surface area is 119 Å². The number of rotatable bonds is 4. The van der Waals surface area contributed by atoms with Crippen molar-refractivity contribution in [1.82, 2.24) is 4.98 Å². The van der Waals surface area contributed by atoms with Gasteiger partial charge >= 0.3 is 0 Å². The summed E-state index contributed by atoms with van der Waals surface area (Å²) >= 11 is 4.99. The third kappa shape index (κ3) is 3.40. The van der Waals surface area contributed by atoms with E-state index < -0.39 is 0 Å². The van der Waals surface area contributed by atoms with E-state index in [4.69, 9.17) is 10.5 Å². The Morgan fingerprint density at radius 3 is 2.61 bits per heavy atom. The van der Waals surface area contributed by atoms with Gasteiger partial charge in [-0.1, -0.05) is 27.7 Å². The molecule has 0 aliphatic rings. The summed E-state index contributed by atoms with van der Waals surface area (Å²) < 4.78 is 6.44. The number of aromatic nitrogens is 1. The molecule has 0 saturated carbocycles. The third-order valence-corrected chi connectivity index (χ3v) is 3.65. The van der Waals surface area contributed by atoms with Crippen molar-refractivity contribution in [3.05, 3.63) is 40.9 Å². The molecule has 3 nitrogen and oxygen atoms in total. The maximum absolute atomic E-state index is 5.79. The fourth-order valence-corrected chi connectivity index (χ4v) is 2.41. The fourth-order valence-electron chi connectivity index (χ4n) is 1.37. The summed E-state index contributed by atoms with van der Waals surface area (Å²) in [6.45, 7) is 2.47. The Morgan fingerprint density at radius 1 is 1.22 bits per heavy atom. The molecule has 94 valence electrons. The van der Waals surface area contributed by atoms with Crippen molar-refractivity contribution in [3.63, 3.8) is 0 Å². The Kier molecular flexibility index (Phi) is 4.49. The number of nitrogens with two attached hydrogens (primary N) is 1. The van der Waals surface area contributed by atoms with Gasteiger partial charge < -0.3 is 10.5 Å². The minimum Gasteiger partial charge on any atom is -0.476 e. The first kappa shape index (κ1) is 13.2. The summed E-state index contributed by atoms with van der Waals surface area (Å²) in [6, 6.07) is 11.8. The monoisotopic (exact) mass is 324 g/mol. The summed E-state index contributed by atoms with van der Waals surface area (Å²) in [5, 5.41) is 0.870. The highest BCUT2D eigenvalue weighted by molar-refractivity contribution is 9.10. The second-order valence-corrected chi connectivity index (χ2v) is 5.54. The lowest BCUT2D eigenvalue weighted by Crippen LogP contribution is -1.99. The molecule has 2 rings (SSSR count).